The molecular formula is C9H16BN2O. The minimum Gasteiger partial charge on any atom is -0.389 e. The molecule has 4 heteroatoms. The molecule has 0 bridgehead atoms. The van der Waals surface area contributed by atoms with Gasteiger partial charge in [0.15, 0.2) is 7.28 Å². The summed E-state index contributed by atoms with van der Waals surface area (Å²) in [6, 6.07) is 0. The van der Waals surface area contributed by atoms with Crippen LogP contribution in [-0.2, 0) is 6.54 Å². The van der Waals surface area contributed by atoms with Crippen molar-refractivity contribution in [2.24, 2.45) is 0 Å². The van der Waals surface area contributed by atoms with Gasteiger partial charge in [-0.05, 0) is 26.2 Å². The van der Waals surface area contributed by atoms with Crippen molar-refractivity contribution in [2.45, 2.75) is 39.7 Å². The van der Waals surface area contributed by atoms with Crippen LogP contribution >= 0.6 is 0 Å². The van der Waals surface area contributed by atoms with E-state index in [1.54, 1.807) is 18.5 Å². The van der Waals surface area contributed by atoms with Crippen LogP contribution in [0.15, 0.2) is 6.20 Å². The Kier molecular flexibility index (Phi) is 2.81. The molecule has 0 aliphatic heterocycles. The molecular weight excluding hydrogens is 163 g/mol. The van der Waals surface area contributed by atoms with E-state index in [2.05, 4.69) is 5.10 Å². The summed E-state index contributed by atoms with van der Waals surface area (Å²) in [5, 5.41) is 13.9. The summed E-state index contributed by atoms with van der Waals surface area (Å²) in [6.07, 6.45) is 1.95. The van der Waals surface area contributed by atoms with Crippen LogP contribution in [0.4, 0.5) is 0 Å². The Bertz CT molecular complexity index is 288. The molecule has 0 unspecified atom stereocenters. The molecule has 0 aliphatic rings. The first-order chi connectivity index (χ1) is 5.92. The van der Waals surface area contributed by atoms with Gasteiger partial charge in [-0.15, -0.1) is 0 Å². The third-order valence-electron chi connectivity index (χ3n) is 1.84. The standard InChI is InChI=1S/C9H16BN2O/c1-7-8(10-4)5-12(11-7)6-9(2,3)13/h5,13H,6H2,1-4H3. The molecule has 0 spiro atoms. The molecule has 1 N–H and O–H groups in total. The molecule has 13 heavy (non-hydrogen) atoms. The summed E-state index contributed by atoms with van der Waals surface area (Å²) in [5.74, 6) is 0. The van der Waals surface area contributed by atoms with Crippen molar-refractivity contribution in [1.29, 1.82) is 0 Å². The van der Waals surface area contributed by atoms with Crippen molar-refractivity contribution in [1.82, 2.24) is 9.78 Å². The molecule has 0 atom stereocenters. The lowest BCUT2D eigenvalue weighted by Gasteiger charge is -2.16. The Hall–Kier alpha value is -0.765. The second-order valence-electron chi connectivity index (χ2n) is 3.97. The van der Waals surface area contributed by atoms with Crippen LogP contribution in [0, 0.1) is 6.92 Å². The highest BCUT2D eigenvalue weighted by Gasteiger charge is 2.14. The van der Waals surface area contributed by atoms with E-state index in [1.165, 1.54) is 0 Å². The Labute approximate surface area is 80.0 Å². The minimum atomic E-state index is -0.705. The maximum absolute atomic E-state index is 9.57. The van der Waals surface area contributed by atoms with Gasteiger partial charge in [0.25, 0.3) is 0 Å². The number of rotatable bonds is 3. The van der Waals surface area contributed by atoms with Gasteiger partial charge in [0.2, 0.25) is 0 Å². The summed E-state index contributed by atoms with van der Waals surface area (Å²) in [5.41, 5.74) is 1.43. The highest BCUT2D eigenvalue weighted by molar-refractivity contribution is 6.52. The Balaban J connectivity index is 2.80. The third kappa shape index (κ3) is 2.88. The van der Waals surface area contributed by atoms with Crippen LogP contribution < -0.4 is 5.46 Å². The first-order valence-corrected chi connectivity index (χ1v) is 4.48. The van der Waals surface area contributed by atoms with E-state index in [-0.39, 0.29) is 0 Å². The van der Waals surface area contributed by atoms with Gasteiger partial charge >= 0.3 is 0 Å². The Morgan fingerprint density at radius 3 is 2.62 bits per heavy atom. The van der Waals surface area contributed by atoms with Gasteiger partial charge in [-0.2, -0.15) is 5.10 Å². The average Bonchev–Trinajstić information content (AvgIpc) is 2.26. The van der Waals surface area contributed by atoms with E-state index in [0.29, 0.717) is 6.54 Å². The van der Waals surface area contributed by atoms with Gasteiger partial charge in [-0.3, -0.25) is 4.68 Å². The van der Waals surface area contributed by atoms with Gasteiger partial charge in [0.1, 0.15) is 0 Å². The topological polar surface area (TPSA) is 38.0 Å². The van der Waals surface area contributed by atoms with Crippen molar-refractivity contribution in [2.75, 3.05) is 0 Å². The van der Waals surface area contributed by atoms with Gasteiger partial charge in [0, 0.05) is 6.20 Å². The zero-order valence-electron chi connectivity index (χ0n) is 8.70. The maximum Gasteiger partial charge on any atom is 0.152 e. The SMILES string of the molecule is C[B]c1cn(CC(C)(C)O)nc1C. The maximum atomic E-state index is 9.57. The van der Waals surface area contributed by atoms with Crippen LogP contribution in [0.3, 0.4) is 0 Å². The predicted octanol–water partition coefficient (Wildman–Crippen LogP) is 0.340. The monoisotopic (exact) mass is 179 g/mol. The van der Waals surface area contributed by atoms with Crippen LogP contribution in [0.1, 0.15) is 19.5 Å². The number of aliphatic hydroxyl groups is 1. The fourth-order valence-electron chi connectivity index (χ4n) is 1.29. The smallest absolute Gasteiger partial charge is 0.152 e. The van der Waals surface area contributed by atoms with Gasteiger partial charge in [0.05, 0.1) is 17.8 Å². The highest BCUT2D eigenvalue weighted by Crippen LogP contribution is 2.04. The molecule has 0 aliphatic carbocycles. The van der Waals surface area contributed by atoms with Crippen molar-refractivity contribution in [3.05, 3.63) is 11.9 Å². The zero-order chi connectivity index (χ0) is 10.1. The molecule has 0 fully saturated rings. The number of hydrogen-bond acceptors (Lipinski definition) is 2. The van der Waals surface area contributed by atoms with E-state index in [1.807, 2.05) is 27.2 Å². The van der Waals surface area contributed by atoms with Crippen molar-refractivity contribution in [3.8, 4) is 0 Å². The average molecular weight is 179 g/mol. The zero-order valence-corrected chi connectivity index (χ0v) is 8.70. The lowest BCUT2D eigenvalue weighted by atomic mass is 9.74. The first kappa shape index (κ1) is 10.3. The summed E-state index contributed by atoms with van der Waals surface area (Å²) >= 11 is 0. The third-order valence-corrected chi connectivity index (χ3v) is 1.84. The molecule has 0 saturated carbocycles. The van der Waals surface area contributed by atoms with Crippen LogP contribution in [0.25, 0.3) is 0 Å². The molecule has 0 saturated heterocycles. The number of aryl methyl sites for hydroxylation is 1. The van der Waals surface area contributed by atoms with Crippen LogP contribution in [-0.4, -0.2) is 27.8 Å². The second-order valence-corrected chi connectivity index (χ2v) is 3.97. The van der Waals surface area contributed by atoms with E-state index in [4.69, 9.17) is 0 Å². The number of hydrogen-bond donors (Lipinski definition) is 1. The molecule has 1 heterocycles. The molecule has 1 rings (SSSR count). The fourth-order valence-corrected chi connectivity index (χ4v) is 1.29. The van der Waals surface area contributed by atoms with Crippen molar-refractivity contribution < 1.29 is 5.11 Å². The number of nitrogens with zero attached hydrogens (tertiary/aromatic N) is 2. The second kappa shape index (κ2) is 3.54. The Morgan fingerprint density at radius 1 is 1.62 bits per heavy atom. The summed E-state index contributed by atoms with van der Waals surface area (Å²) in [4.78, 5) is 0. The van der Waals surface area contributed by atoms with Crippen molar-refractivity contribution in [3.63, 3.8) is 0 Å². The quantitative estimate of drug-likeness (QED) is 0.679. The van der Waals surface area contributed by atoms with Crippen molar-refractivity contribution >= 4 is 12.7 Å². The van der Waals surface area contributed by atoms with E-state index < -0.39 is 5.60 Å². The molecule has 1 aromatic heterocycles. The first-order valence-electron chi connectivity index (χ1n) is 4.48. The highest BCUT2D eigenvalue weighted by atomic mass is 16.3. The molecule has 0 aromatic carbocycles. The lowest BCUT2D eigenvalue weighted by Crippen LogP contribution is -2.26. The van der Waals surface area contributed by atoms with Crippen LogP contribution in [0.2, 0.25) is 6.82 Å². The lowest BCUT2D eigenvalue weighted by molar-refractivity contribution is 0.0577. The van der Waals surface area contributed by atoms with E-state index in [0.717, 1.165) is 11.2 Å². The molecule has 71 valence electrons. The van der Waals surface area contributed by atoms with Crippen LogP contribution in [0.5, 0.6) is 0 Å². The van der Waals surface area contributed by atoms with Gasteiger partial charge in [-0.25, -0.2) is 0 Å². The van der Waals surface area contributed by atoms with E-state index >= 15 is 0 Å². The number of aromatic nitrogens is 2. The largest absolute Gasteiger partial charge is 0.389 e. The van der Waals surface area contributed by atoms with E-state index in [9.17, 15) is 5.11 Å². The predicted molar refractivity (Wildman–Crippen MR) is 54.5 cm³/mol. The summed E-state index contributed by atoms with van der Waals surface area (Å²) < 4.78 is 1.78. The van der Waals surface area contributed by atoms with Gasteiger partial charge in [-0.1, -0.05) is 6.82 Å². The summed E-state index contributed by atoms with van der Waals surface area (Å²) in [7, 11) is 2.02. The van der Waals surface area contributed by atoms with Gasteiger partial charge < -0.3 is 5.11 Å². The normalized spacial score (nSPS) is 11.8. The molecule has 0 amide bonds. The molecule has 3 nitrogen and oxygen atoms in total. The Morgan fingerprint density at radius 2 is 2.23 bits per heavy atom. The fraction of sp³-hybridized carbons (Fsp3) is 0.667. The minimum absolute atomic E-state index is 0.529. The molecule has 1 aromatic rings. The summed E-state index contributed by atoms with van der Waals surface area (Å²) in [6.45, 7) is 8.04. The molecule has 1 radical (unpaired) electrons.